The Morgan fingerprint density at radius 1 is 1.50 bits per heavy atom. The Bertz CT molecular complexity index is 416. The average Bonchev–Trinajstić information content (AvgIpc) is 3.03. The van der Waals surface area contributed by atoms with Crippen molar-refractivity contribution in [1.82, 2.24) is 5.32 Å². The zero-order valence-electron chi connectivity index (χ0n) is 10.6. The second-order valence-corrected chi connectivity index (χ2v) is 6.76. The van der Waals surface area contributed by atoms with E-state index in [1.165, 1.54) is 12.8 Å². The number of rotatable bonds is 3. The van der Waals surface area contributed by atoms with Gasteiger partial charge in [0.05, 0.1) is 11.6 Å². The molecule has 0 aromatic carbocycles. The highest BCUT2D eigenvalue weighted by Crippen LogP contribution is 2.72. The first-order valence-corrected chi connectivity index (χ1v) is 7.31. The van der Waals surface area contributed by atoms with E-state index in [-0.39, 0.29) is 0 Å². The third-order valence-electron chi connectivity index (χ3n) is 5.06. The van der Waals surface area contributed by atoms with E-state index in [2.05, 4.69) is 11.4 Å². The molecule has 2 aliphatic carbocycles. The average molecular weight is 288 g/mol. The second-order valence-electron chi connectivity index (χ2n) is 5.90. The number of allylic oxidation sites excluding steroid dienone is 4. The third kappa shape index (κ3) is 1.77. The summed E-state index contributed by atoms with van der Waals surface area (Å²) in [6.07, 6.45) is 7.59. The third-order valence-corrected chi connectivity index (χ3v) is 5.87. The van der Waals surface area contributed by atoms with Gasteiger partial charge in [0, 0.05) is 24.1 Å². The summed E-state index contributed by atoms with van der Waals surface area (Å²) >= 11 is 12.3. The summed E-state index contributed by atoms with van der Waals surface area (Å²) in [5.74, 6) is 0.518. The number of halogens is 2. The summed E-state index contributed by atoms with van der Waals surface area (Å²) in [5, 5.41) is 5.03. The van der Waals surface area contributed by atoms with Gasteiger partial charge in [-0.15, -0.1) is 0 Å². The van der Waals surface area contributed by atoms with E-state index in [0.717, 1.165) is 31.1 Å². The molecular weight excluding hydrogens is 269 g/mol. The lowest BCUT2D eigenvalue weighted by Crippen LogP contribution is -2.41. The maximum absolute atomic E-state index is 6.23. The highest BCUT2D eigenvalue weighted by Gasteiger charge is 2.70. The molecule has 0 aromatic heterocycles. The molecular formula is C14H19Cl2NO. The smallest absolute Gasteiger partial charge is 0.0548 e. The quantitative estimate of drug-likeness (QED) is 0.860. The molecule has 1 unspecified atom stereocenters. The molecule has 4 heteroatoms. The summed E-state index contributed by atoms with van der Waals surface area (Å²) in [7, 11) is 1.80. The van der Waals surface area contributed by atoms with Crippen LogP contribution in [0.25, 0.3) is 0 Å². The fraction of sp³-hybridized carbons (Fsp3) is 0.714. The lowest BCUT2D eigenvalue weighted by molar-refractivity contribution is 0.0836. The van der Waals surface area contributed by atoms with Crippen LogP contribution in [0.2, 0.25) is 0 Å². The van der Waals surface area contributed by atoms with E-state index in [1.54, 1.807) is 7.11 Å². The Morgan fingerprint density at radius 2 is 2.33 bits per heavy atom. The van der Waals surface area contributed by atoms with E-state index in [9.17, 15) is 0 Å². The molecule has 0 spiro atoms. The van der Waals surface area contributed by atoms with Gasteiger partial charge in [-0.3, -0.25) is 0 Å². The normalized spacial score (nSPS) is 42.9. The number of nitrogens with one attached hydrogen (secondary N) is 1. The minimum Gasteiger partial charge on any atom is -0.384 e. The number of hydrogen-bond acceptors (Lipinski definition) is 2. The highest BCUT2D eigenvalue weighted by atomic mass is 35.5. The molecule has 1 saturated heterocycles. The Balaban J connectivity index is 1.82. The van der Waals surface area contributed by atoms with Crippen molar-refractivity contribution < 1.29 is 4.74 Å². The molecule has 2 nitrogen and oxygen atoms in total. The standard InChI is InChI=1S/C14H19Cl2NO/c1-18-9-13-7-14(13,4-5-17-8-13)10-2-3-11(15)12(16)6-10/h2-3,10,17H,4-9H2,1H3/t10?,13-,14-/m0/s1. The Labute approximate surface area is 118 Å². The predicted octanol–water partition coefficient (Wildman–Crippen LogP) is 3.27. The lowest BCUT2D eigenvalue weighted by Gasteiger charge is -2.36. The van der Waals surface area contributed by atoms with Gasteiger partial charge in [0.25, 0.3) is 0 Å². The van der Waals surface area contributed by atoms with Gasteiger partial charge in [-0.1, -0.05) is 29.3 Å². The molecule has 100 valence electrons. The Kier molecular flexibility index (Phi) is 3.26. The summed E-state index contributed by atoms with van der Waals surface area (Å²) in [5.41, 5.74) is 0.693. The Morgan fingerprint density at radius 3 is 3.06 bits per heavy atom. The van der Waals surface area contributed by atoms with Crippen molar-refractivity contribution in [3.63, 3.8) is 0 Å². The van der Waals surface area contributed by atoms with Crippen LogP contribution in [0.1, 0.15) is 19.3 Å². The van der Waals surface area contributed by atoms with Crippen LogP contribution in [-0.4, -0.2) is 26.8 Å². The lowest BCUT2D eigenvalue weighted by atomic mass is 9.74. The van der Waals surface area contributed by atoms with Crippen molar-refractivity contribution in [3.05, 3.63) is 22.2 Å². The van der Waals surface area contributed by atoms with E-state index in [0.29, 0.717) is 21.8 Å². The molecule has 2 fully saturated rings. The molecule has 3 aliphatic rings. The highest BCUT2D eigenvalue weighted by molar-refractivity contribution is 6.40. The maximum Gasteiger partial charge on any atom is 0.0548 e. The number of methoxy groups -OCH3 is 1. The van der Waals surface area contributed by atoms with Gasteiger partial charge in [0.2, 0.25) is 0 Å². The van der Waals surface area contributed by atoms with Crippen LogP contribution >= 0.6 is 23.2 Å². The summed E-state index contributed by atoms with van der Waals surface area (Å²) in [6.45, 7) is 3.02. The van der Waals surface area contributed by atoms with E-state index in [1.807, 2.05) is 6.08 Å². The fourth-order valence-corrected chi connectivity index (χ4v) is 4.43. The topological polar surface area (TPSA) is 21.3 Å². The maximum atomic E-state index is 6.23. The van der Waals surface area contributed by atoms with E-state index in [4.69, 9.17) is 27.9 Å². The summed E-state index contributed by atoms with van der Waals surface area (Å²) in [6, 6.07) is 0. The Hall–Kier alpha value is -0.0200. The largest absolute Gasteiger partial charge is 0.384 e. The van der Waals surface area contributed by atoms with Crippen molar-refractivity contribution in [2.24, 2.45) is 16.7 Å². The molecule has 1 aliphatic heterocycles. The van der Waals surface area contributed by atoms with Crippen LogP contribution < -0.4 is 5.32 Å². The minimum absolute atomic E-state index is 0.315. The van der Waals surface area contributed by atoms with Gasteiger partial charge in [-0.25, -0.2) is 0 Å². The van der Waals surface area contributed by atoms with Gasteiger partial charge in [-0.05, 0) is 43.2 Å². The van der Waals surface area contributed by atoms with Gasteiger partial charge >= 0.3 is 0 Å². The van der Waals surface area contributed by atoms with E-state index < -0.39 is 0 Å². The first-order chi connectivity index (χ1) is 8.63. The molecule has 0 bridgehead atoms. The van der Waals surface area contributed by atoms with Crippen LogP contribution in [0.4, 0.5) is 0 Å². The molecule has 1 N–H and O–H groups in total. The van der Waals surface area contributed by atoms with Crippen molar-refractivity contribution in [2.45, 2.75) is 19.3 Å². The number of hydrogen-bond donors (Lipinski definition) is 1. The van der Waals surface area contributed by atoms with Crippen LogP contribution in [0.3, 0.4) is 0 Å². The van der Waals surface area contributed by atoms with Gasteiger partial charge in [0.1, 0.15) is 0 Å². The molecule has 0 amide bonds. The van der Waals surface area contributed by atoms with Gasteiger partial charge < -0.3 is 10.1 Å². The zero-order valence-corrected chi connectivity index (χ0v) is 12.2. The minimum atomic E-state index is 0.315. The zero-order chi connectivity index (χ0) is 12.8. The molecule has 0 aromatic rings. The fourth-order valence-electron chi connectivity index (χ4n) is 4.05. The molecule has 18 heavy (non-hydrogen) atoms. The first kappa shape index (κ1) is 13.0. The molecule has 3 rings (SSSR count). The predicted molar refractivity (Wildman–Crippen MR) is 74.8 cm³/mol. The van der Waals surface area contributed by atoms with Crippen LogP contribution in [-0.2, 0) is 4.74 Å². The van der Waals surface area contributed by atoms with E-state index >= 15 is 0 Å². The summed E-state index contributed by atoms with van der Waals surface area (Å²) in [4.78, 5) is 0. The van der Waals surface area contributed by atoms with Crippen molar-refractivity contribution in [3.8, 4) is 0 Å². The first-order valence-electron chi connectivity index (χ1n) is 6.56. The van der Waals surface area contributed by atoms with Crippen LogP contribution in [0.5, 0.6) is 0 Å². The number of piperidine rings is 1. The monoisotopic (exact) mass is 287 g/mol. The SMILES string of the molecule is COC[C@]12CNCC[C@@]1(C1C=CC(Cl)=C(Cl)C1)C2. The van der Waals surface area contributed by atoms with Crippen molar-refractivity contribution in [2.75, 3.05) is 26.8 Å². The van der Waals surface area contributed by atoms with Gasteiger partial charge in [-0.2, -0.15) is 0 Å². The molecule has 1 heterocycles. The molecule has 0 radical (unpaired) electrons. The number of ether oxygens (including phenoxy) is 1. The van der Waals surface area contributed by atoms with Crippen LogP contribution in [0.15, 0.2) is 22.2 Å². The van der Waals surface area contributed by atoms with Crippen molar-refractivity contribution >= 4 is 23.2 Å². The van der Waals surface area contributed by atoms with Gasteiger partial charge in [0.15, 0.2) is 0 Å². The molecule has 3 atom stereocenters. The molecule has 1 saturated carbocycles. The van der Waals surface area contributed by atoms with Crippen LogP contribution in [0, 0.1) is 16.7 Å². The number of fused-ring (bicyclic) bond motifs is 1. The second kappa shape index (κ2) is 4.52. The van der Waals surface area contributed by atoms with Crippen molar-refractivity contribution in [1.29, 1.82) is 0 Å². The summed E-state index contributed by atoms with van der Waals surface area (Å²) < 4.78 is 5.45.